The minimum atomic E-state index is -1.60. The summed E-state index contributed by atoms with van der Waals surface area (Å²) in [7, 11) is 0. The van der Waals surface area contributed by atoms with Gasteiger partial charge >= 0.3 is 11.9 Å². The summed E-state index contributed by atoms with van der Waals surface area (Å²) >= 11 is 0. The topological polar surface area (TPSA) is 136 Å². The fourth-order valence-electron chi connectivity index (χ4n) is 9.75. The molecular formula is C35H44O11. The molecule has 250 valence electrons. The van der Waals surface area contributed by atoms with Crippen LogP contribution < -0.4 is 0 Å². The highest BCUT2D eigenvalue weighted by Crippen LogP contribution is 2.69. The molecule has 5 fully saturated rings. The van der Waals surface area contributed by atoms with Gasteiger partial charge in [-0.05, 0) is 64.8 Å². The smallest absolute Gasteiger partial charge is 0.338 e. The van der Waals surface area contributed by atoms with Crippen molar-refractivity contribution >= 4 is 17.7 Å². The fourth-order valence-corrected chi connectivity index (χ4v) is 9.75. The van der Waals surface area contributed by atoms with Gasteiger partial charge in [-0.25, -0.2) is 4.79 Å². The predicted molar refractivity (Wildman–Crippen MR) is 160 cm³/mol. The van der Waals surface area contributed by atoms with Gasteiger partial charge in [0.1, 0.15) is 36.1 Å². The second-order valence-corrected chi connectivity index (χ2v) is 15.4. The first kappa shape index (κ1) is 31.9. The lowest BCUT2D eigenvalue weighted by molar-refractivity contribution is -0.356. The number of ether oxygens (including phenoxy) is 7. The van der Waals surface area contributed by atoms with Crippen LogP contribution >= 0.6 is 0 Å². The molecule has 7 rings (SSSR count). The molecular weight excluding hydrogens is 596 g/mol. The Morgan fingerprint density at radius 1 is 0.935 bits per heavy atom. The van der Waals surface area contributed by atoms with Crippen LogP contribution in [0.4, 0.5) is 0 Å². The number of aliphatic hydroxyl groups is 1. The Bertz CT molecular complexity index is 1530. The molecule has 0 aromatic heterocycles. The number of hydrogen-bond donors (Lipinski definition) is 1. The summed E-state index contributed by atoms with van der Waals surface area (Å²) in [6.07, 6.45) is -6.02. The van der Waals surface area contributed by atoms with Gasteiger partial charge in [0.15, 0.2) is 23.0 Å². The lowest BCUT2D eigenvalue weighted by Gasteiger charge is -2.67. The van der Waals surface area contributed by atoms with Crippen LogP contribution in [0, 0.1) is 16.7 Å². The highest BCUT2D eigenvalue weighted by molar-refractivity contribution is 5.94. The largest absolute Gasteiger partial charge is 0.455 e. The number of aliphatic hydroxyl groups excluding tert-OH is 1. The van der Waals surface area contributed by atoms with E-state index in [-0.39, 0.29) is 24.4 Å². The number of Topliss-reactive ketones (excluding diaryl/α,β-unsaturated/α-hetero) is 1. The first-order valence-electron chi connectivity index (χ1n) is 16.1. The molecule has 6 aliphatic rings. The van der Waals surface area contributed by atoms with Crippen LogP contribution in [0.15, 0.2) is 41.5 Å². The van der Waals surface area contributed by atoms with Gasteiger partial charge in [0, 0.05) is 18.8 Å². The van der Waals surface area contributed by atoms with Crippen LogP contribution in [-0.2, 0) is 42.7 Å². The molecule has 4 bridgehead atoms. The van der Waals surface area contributed by atoms with E-state index in [1.165, 1.54) is 6.92 Å². The normalized spacial score (nSPS) is 44.4. The van der Waals surface area contributed by atoms with Crippen molar-refractivity contribution in [2.45, 2.75) is 128 Å². The molecule has 10 atom stereocenters. The van der Waals surface area contributed by atoms with E-state index in [1.807, 2.05) is 13.8 Å². The second-order valence-electron chi connectivity index (χ2n) is 15.4. The first-order chi connectivity index (χ1) is 21.3. The molecule has 1 aromatic carbocycles. The molecule has 1 aromatic rings. The molecule has 1 N–H and O–H groups in total. The molecule has 0 amide bonds. The van der Waals surface area contributed by atoms with E-state index in [9.17, 15) is 14.7 Å². The Balaban J connectivity index is 1.59. The molecule has 3 saturated heterocycles. The van der Waals surface area contributed by atoms with Crippen LogP contribution in [-0.4, -0.2) is 88.8 Å². The monoisotopic (exact) mass is 640 g/mol. The summed E-state index contributed by atoms with van der Waals surface area (Å²) in [4.78, 5) is 42.5. The molecule has 3 aliphatic carbocycles. The van der Waals surface area contributed by atoms with E-state index < -0.39 is 88.1 Å². The van der Waals surface area contributed by atoms with Gasteiger partial charge in [0.05, 0.1) is 29.6 Å². The van der Waals surface area contributed by atoms with Crippen molar-refractivity contribution in [3.05, 3.63) is 47.0 Å². The van der Waals surface area contributed by atoms with Gasteiger partial charge in [0.25, 0.3) is 0 Å². The number of rotatable bonds is 3. The van der Waals surface area contributed by atoms with E-state index >= 15 is 4.79 Å². The zero-order chi connectivity index (χ0) is 33.4. The third kappa shape index (κ3) is 3.96. The van der Waals surface area contributed by atoms with Crippen molar-refractivity contribution in [2.75, 3.05) is 6.61 Å². The third-order valence-corrected chi connectivity index (χ3v) is 11.5. The van der Waals surface area contributed by atoms with Gasteiger partial charge in [-0.15, -0.1) is 0 Å². The van der Waals surface area contributed by atoms with Crippen molar-refractivity contribution in [1.29, 1.82) is 0 Å². The number of fused-ring (bicyclic) bond motifs is 5. The van der Waals surface area contributed by atoms with E-state index in [0.29, 0.717) is 11.1 Å². The molecule has 3 heterocycles. The van der Waals surface area contributed by atoms with Gasteiger partial charge in [-0.3, -0.25) is 9.59 Å². The highest BCUT2D eigenvalue weighted by atomic mass is 16.8. The van der Waals surface area contributed by atoms with Crippen LogP contribution in [0.5, 0.6) is 0 Å². The minimum Gasteiger partial charge on any atom is -0.455 e. The molecule has 1 spiro atoms. The summed E-state index contributed by atoms with van der Waals surface area (Å²) in [5, 5.41) is 12.1. The van der Waals surface area contributed by atoms with Crippen molar-refractivity contribution < 1.29 is 52.6 Å². The molecule has 2 saturated carbocycles. The molecule has 11 nitrogen and oxygen atoms in total. The predicted octanol–water partition coefficient (Wildman–Crippen LogP) is 3.65. The average molecular weight is 641 g/mol. The summed E-state index contributed by atoms with van der Waals surface area (Å²) < 4.78 is 45.9. The number of hydrogen-bond acceptors (Lipinski definition) is 11. The Kier molecular flexibility index (Phi) is 6.73. The first-order valence-corrected chi connectivity index (χ1v) is 16.1. The zero-order valence-electron chi connectivity index (χ0n) is 27.9. The van der Waals surface area contributed by atoms with Gasteiger partial charge in [0.2, 0.25) is 0 Å². The maximum absolute atomic E-state index is 15.4. The minimum absolute atomic E-state index is 0.0402. The van der Waals surface area contributed by atoms with Crippen LogP contribution in [0.25, 0.3) is 0 Å². The van der Waals surface area contributed by atoms with E-state index in [2.05, 4.69) is 0 Å². The maximum Gasteiger partial charge on any atom is 0.338 e. The van der Waals surface area contributed by atoms with Crippen molar-refractivity contribution in [3.8, 4) is 0 Å². The van der Waals surface area contributed by atoms with E-state index in [4.69, 9.17) is 33.2 Å². The molecule has 1 unspecified atom stereocenters. The number of carbonyl (C=O) groups is 3. The zero-order valence-corrected chi connectivity index (χ0v) is 27.9. The Morgan fingerprint density at radius 3 is 2.22 bits per heavy atom. The van der Waals surface area contributed by atoms with E-state index in [1.54, 1.807) is 71.9 Å². The van der Waals surface area contributed by atoms with Crippen LogP contribution in [0.3, 0.4) is 0 Å². The Morgan fingerprint density at radius 2 is 1.61 bits per heavy atom. The van der Waals surface area contributed by atoms with Gasteiger partial charge in [-0.2, -0.15) is 0 Å². The number of ketones is 1. The Hall–Kier alpha value is -2.67. The van der Waals surface area contributed by atoms with E-state index in [0.717, 1.165) is 0 Å². The second kappa shape index (κ2) is 9.70. The third-order valence-electron chi connectivity index (χ3n) is 11.5. The summed E-state index contributed by atoms with van der Waals surface area (Å²) in [6, 6.07) is 8.53. The summed E-state index contributed by atoms with van der Waals surface area (Å²) in [6.45, 7) is 15.7. The molecule has 46 heavy (non-hydrogen) atoms. The lowest BCUT2D eigenvalue weighted by atomic mass is 9.44. The van der Waals surface area contributed by atoms with Crippen LogP contribution in [0.2, 0.25) is 0 Å². The number of benzene rings is 1. The van der Waals surface area contributed by atoms with Crippen LogP contribution in [0.1, 0.15) is 79.1 Å². The van der Waals surface area contributed by atoms with Gasteiger partial charge in [-0.1, -0.05) is 32.0 Å². The highest BCUT2D eigenvalue weighted by Gasteiger charge is 2.83. The van der Waals surface area contributed by atoms with Gasteiger partial charge < -0.3 is 38.3 Å². The molecule has 3 aliphatic heterocycles. The summed E-state index contributed by atoms with van der Waals surface area (Å²) in [5.74, 6) is -5.11. The quantitative estimate of drug-likeness (QED) is 0.383. The maximum atomic E-state index is 15.4. The number of esters is 2. The summed E-state index contributed by atoms with van der Waals surface area (Å²) in [5.41, 5.74) is -4.29. The van der Waals surface area contributed by atoms with Crippen molar-refractivity contribution in [3.63, 3.8) is 0 Å². The average Bonchev–Trinajstić information content (AvgIpc) is 3.23. The molecule has 0 radical (unpaired) electrons. The number of carbonyl (C=O) groups excluding carboxylic acids is 3. The Labute approximate surface area is 268 Å². The van der Waals surface area contributed by atoms with Crippen molar-refractivity contribution in [2.24, 2.45) is 16.7 Å². The lowest BCUT2D eigenvalue weighted by Crippen LogP contribution is -2.83. The van der Waals surface area contributed by atoms with Crippen molar-refractivity contribution in [1.82, 2.24) is 0 Å². The fraction of sp³-hybridized carbons (Fsp3) is 0.686. The SMILES string of the molecule is CC(=O)O[C@@]12CO[C@@H]1C[C@@H]1OC(C)(C)O[C@H]3C(=O)[C@@]1(C)C2[C@H](OC(=O)c1ccccc1)[C@]12OC(C)(C)O[C@H]1[C@H](O)C(C)=C3C2(C)C. The standard InChI is InChI=1S/C35H44O11/c1-17-22-24-26(38)33(9)20(43-31(5,6)44-24)15-21-34(16-40-21,42-18(2)36)25(33)28(41-29(39)19-13-11-10-12-14-19)35(30(22,3)4)27(23(17)37)45-32(7,8)46-35/h10-14,20-21,23-25,27-28,37H,15-16H2,1-9H3/t20-,21+,23+,24+,25?,27-,28-,33+,34-,35+/m0/s1. The molecule has 11 heteroatoms.